The largest absolute Gasteiger partial charge is 0.467 e. The van der Waals surface area contributed by atoms with E-state index >= 15 is 0 Å². The Labute approximate surface area is 112 Å². The fourth-order valence-corrected chi connectivity index (χ4v) is 2.34. The highest BCUT2D eigenvalue weighted by atomic mass is 16.5. The van der Waals surface area contributed by atoms with Gasteiger partial charge in [0, 0.05) is 13.1 Å². The monoisotopic (exact) mass is 256 g/mol. The highest BCUT2D eigenvalue weighted by Gasteiger charge is 2.19. The molecule has 0 amide bonds. The van der Waals surface area contributed by atoms with Gasteiger partial charge in [0.15, 0.2) is 0 Å². The van der Waals surface area contributed by atoms with Crippen LogP contribution in [-0.4, -0.2) is 28.6 Å². The van der Waals surface area contributed by atoms with E-state index in [1.54, 1.807) is 7.11 Å². The molecule has 2 aromatic rings. The van der Waals surface area contributed by atoms with E-state index in [2.05, 4.69) is 44.1 Å². The second-order valence-corrected chi connectivity index (χ2v) is 4.61. The van der Waals surface area contributed by atoms with E-state index in [1.165, 1.54) is 11.1 Å². The normalized spacial score (nSPS) is 14.1. The first-order valence-corrected chi connectivity index (χ1v) is 6.34. The SMILES string of the molecule is COc1nc(C)nc(N2CCc3ccccc3C2)n1. The van der Waals surface area contributed by atoms with Crippen molar-refractivity contribution >= 4 is 5.95 Å². The lowest BCUT2D eigenvalue weighted by Crippen LogP contribution is -2.32. The van der Waals surface area contributed by atoms with Crippen molar-refractivity contribution < 1.29 is 4.74 Å². The minimum atomic E-state index is 0.376. The Balaban J connectivity index is 1.90. The third kappa shape index (κ3) is 2.36. The van der Waals surface area contributed by atoms with Crippen molar-refractivity contribution in [3.8, 4) is 6.01 Å². The third-order valence-corrected chi connectivity index (χ3v) is 3.31. The fraction of sp³-hybridized carbons (Fsp3) is 0.357. The summed E-state index contributed by atoms with van der Waals surface area (Å²) in [7, 11) is 1.57. The van der Waals surface area contributed by atoms with E-state index in [9.17, 15) is 0 Å². The summed E-state index contributed by atoms with van der Waals surface area (Å²) in [5.74, 6) is 1.37. The molecular formula is C14H16N4O. The zero-order valence-electron chi connectivity index (χ0n) is 11.1. The lowest BCUT2D eigenvalue weighted by Gasteiger charge is -2.28. The molecule has 1 aromatic heterocycles. The molecule has 0 saturated carbocycles. The zero-order valence-corrected chi connectivity index (χ0v) is 11.1. The van der Waals surface area contributed by atoms with E-state index in [0.717, 1.165) is 19.5 Å². The van der Waals surface area contributed by atoms with Crippen LogP contribution < -0.4 is 9.64 Å². The summed E-state index contributed by atoms with van der Waals surface area (Å²) in [4.78, 5) is 15.0. The van der Waals surface area contributed by atoms with Gasteiger partial charge in [-0.25, -0.2) is 0 Å². The molecule has 0 spiro atoms. The molecule has 98 valence electrons. The Morgan fingerprint density at radius 3 is 2.68 bits per heavy atom. The van der Waals surface area contributed by atoms with Gasteiger partial charge >= 0.3 is 6.01 Å². The van der Waals surface area contributed by atoms with E-state index < -0.39 is 0 Å². The number of rotatable bonds is 2. The molecule has 1 aromatic carbocycles. The van der Waals surface area contributed by atoms with Gasteiger partial charge in [0.1, 0.15) is 5.82 Å². The number of aryl methyl sites for hydroxylation is 1. The summed E-state index contributed by atoms with van der Waals surface area (Å²) in [6.45, 7) is 3.61. The van der Waals surface area contributed by atoms with Gasteiger partial charge in [0.2, 0.25) is 5.95 Å². The summed E-state index contributed by atoms with van der Waals surface area (Å²) in [6, 6.07) is 8.88. The summed E-state index contributed by atoms with van der Waals surface area (Å²) in [5, 5.41) is 0. The quantitative estimate of drug-likeness (QED) is 0.819. The maximum Gasteiger partial charge on any atom is 0.321 e. The van der Waals surface area contributed by atoms with Gasteiger partial charge in [0.05, 0.1) is 7.11 Å². The first-order chi connectivity index (χ1) is 9.26. The Bertz CT molecular complexity index is 600. The molecule has 5 heteroatoms. The van der Waals surface area contributed by atoms with E-state index in [4.69, 9.17) is 4.74 Å². The lowest BCUT2D eigenvalue weighted by molar-refractivity contribution is 0.376. The Hall–Kier alpha value is -2.17. The molecule has 0 radical (unpaired) electrons. The van der Waals surface area contributed by atoms with Gasteiger partial charge in [-0.15, -0.1) is 0 Å². The first-order valence-electron chi connectivity index (χ1n) is 6.34. The van der Waals surface area contributed by atoms with Gasteiger partial charge in [-0.3, -0.25) is 0 Å². The predicted molar refractivity (Wildman–Crippen MR) is 72.3 cm³/mol. The van der Waals surface area contributed by atoms with Gasteiger partial charge < -0.3 is 9.64 Å². The molecule has 0 unspecified atom stereocenters. The number of benzene rings is 1. The molecule has 0 aliphatic carbocycles. The molecule has 0 atom stereocenters. The summed E-state index contributed by atoms with van der Waals surface area (Å²) < 4.78 is 5.11. The molecule has 1 aliphatic rings. The van der Waals surface area contributed by atoms with E-state index in [1.807, 2.05) is 6.92 Å². The van der Waals surface area contributed by atoms with Crippen LogP contribution in [0.1, 0.15) is 17.0 Å². The number of aromatic nitrogens is 3. The van der Waals surface area contributed by atoms with Crippen LogP contribution in [0.15, 0.2) is 24.3 Å². The van der Waals surface area contributed by atoms with Crippen molar-refractivity contribution in [1.82, 2.24) is 15.0 Å². The summed E-state index contributed by atoms with van der Waals surface area (Å²) >= 11 is 0. The highest BCUT2D eigenvalue weighted by molar-refractivity contribution is 5.40. The number of nitrogens with zero attached hydrogens (tertiary/aromatic N) is 4. The van der Waals surface area contributed by atoms with E-state index in [0.29, 0.717) is 17.8 Å². The van der Waals surface area contributed by atoms with Gasteiger partial charge in [-0.05, 0) is 24.5 Å². The number of hydrogen-bond donors (Lipinski definition) is 0. The number of methoxy groups -OCH3 is 1. The molecule has 1 aliphatic heterocycles. The van der Waals surface area contributed by atoms with Crippen LogP contribution in [0.3, 0.4) is 0 Å². The zero-order chi connectivity index (χ0) is 13.2. The minimum Gasteiger partial charge on any atom is -0.467 e. The Morgan fingerprint density at radius 1 is 1.11 bits per heavy atom. The van der Waals surface area contributed by atoms with E-state index in [-0.39, 0.29) is 0 Å². The first kappa shape index (κ1) is 11.9. The second-order valence-electron chi connectivity index (χ2n) is 4.61. The molecule has 0 N–H and O–H groups in total. The van der Waals surface area contributed by atoms with Gasteiger partial charge in [-0.2, -0.15) is 15.0 Å². The molecular weight excluding hydrogens is 240 g/mol. The van der Waals surface area contributed by atoms with Crippen LogP contribution in [0, 0.1) is 6.92 Å². The van der Waals surface area contributed by atoms with Crippen LogP contribution in [-0.2, 0) is 13.0 Å². The molecule has 3 rings (SSSR count). The van der Waals surface area contributed by atoms with Crippen molar-refractivity contribution in [2.45, 2.75) is 19.9 Å². The average molecular weight is 256 g/mol. The Kier molecular flexibility index (Phi) is 3.03. The number of anilines is 1. The highest BCUT2D eigenvalue weighted by Crippen LogP contribution is 2.22. The van der Waals surface area contributed by atoms with Crippen molar-refractivity contribution in [2.75, 3.05) is 18.6 Å². The molecule has 0 bridgehead atoms. The Morgan fingerprint density at radius 2 is 1.89 bits per heavy atom. The van der Waals surface area contributed by atoms with Crippen molar-refractivity contribution in [1.29, 1.82) is 0 Å². The maximum atomic E-state index is 5.11. The topological polar surface area (TPSA) is 51.1 Å². The molecule has 0 saturated heterocycles. The standard InChI is InChI=1S/C14H16N4O/c1-10-15-13(17-14(16-10)19-2)18-8-7-11-5-3-4-6-12(11)9-18/h3-6H,7-9H2,1-2H3. The lowest BCUT2D eigenvalue weighted by atomic mass is 10.0. The second kappa shape index (κ2) is 4.84. The van der Waals surface area contributed by atoms with Crippen LogP contribution >= 0.6 is 0 Å². The fourth-order valence-electron chi connectivity index (χ4n) is 2.34. The maximum absolute atomic E-state index is 5.11. The number of ether oxygens (including phenoxy) is 1. The summed E-state index contributed by atoms with van der Waals surface area (Å²) in [6.07, 6.45) is 1.02. The number of fused-ring (bicyclic) bond motifs is 1. The van der Waals surface area contributed by atoms with Crippen LogP contribution in [0.25, 0.3) is 0 Å². The van der Waals surface area contributed by atoms with Gasteiger partial charge in [0.25, 0.3) is 0 Å². The number of hydrogen-bond acceptors (Lipinski definition) is 5. The molecule has 0 fully saturated rings. The predicted octanol–water partition coefficient (Wildman–Crippen LogP) is 1.75. The molecule has 2 heterocycles. The van der Waals surface area contributed by atoms with Crippen LogP contribution in [0.5, 0.6) is 6.01 Å². The van der Waals surface area contributed by atoms with Crippen molar-refractivity contribution in [3.63, 3.8) is 0 Å². The smallest absolute Gasteiger partial charge is 0.321 e. The molecule has 5 nitrogen and oxygen atoms in total. The third-order valence-electron chi connectivity index (χ3n) is 3.31. The summed E-state index contributed by atoms with van der Waals surface area (Å²) in [5.41, 5.74) is 2.75. The molecule has 19 heavy (non-hydrogen) atoms. The van der Waals surface area contributed by atoms with Crippen LogP contribution in [0.4, 0.5) is 5.95 Å². The van der Waals surface area contributed by atoms with Crippen molar-refractivity contribution in [2.24, 2.45) is 0 Å². The van der Waals surface area contributed by atoms with Crippen LogP contribution in [0.2, 0.25) is 0 Å². The van der Waals surface area contributed by atoms with Gasteiger partial charge in [-0.1, -0.05) is 24.3 Å². The minimum absolute atomic E-state index is 0.376. The van der Waals surface area contributed by atoms with Crippen molar-refractivity contribution in [3.05, 3.63) is 41.2 Å². The average Bonchev–Trinajstić information content (AvgIpc) is 2.46.